The van der Waals surface area contributed by atoms with Crippen LogP contribution in [0.4, 0.5) is 0 Å². The second-order valence-electron chi connectivity index (χ2n) is 6.53. The summed E-state index contributed by atoms with van der Waals surface area (Å²) in [6.45, 7) is 2.25. The van der Waals surface area contributed by atoms with Crippen molar-refractivity contribution in [2.75, 3.05) is 20.3 Å². The molecule has 1 saturated carbocycles. The van der Waals surface area contributed by atoms with Crippen molar-refractivity contribution in [3.63, 3.8) is 0 Å². The second-order valence-corrected chi connectivity index (χ2v) is 6.53. The second kappa shape index (κ2) is 4.52. The Hall–Kier alpha value is -0.120. The van der Waals surface area contributed by atoms with Crippen molar-refractivity contribution in [1.29, 1.82) is 0 Å². The molecule has 3 rings (SSSR count). The minimum Gasteiger partial charge on any atom is -0.385 e. The lowest BCUT2D eigenvalue weighted by atomic mass is 9.94. The molecule has 2 atom stereocenters. The first-order valence-corrected chi connectivity index (χ1v) is 7.23. The third kappa shape index (κ3) is 2.38. The van der Waals surface area contributed by atoms with Gasteiger partial charge in [-0.3, -0.25) is 4.90 Å². The van der Waals surface area contributed by atoms with Crippen LogP contribution in [0.5, 0.6) is 0 Å². The van der Waals surface area contributed by atoms with Gasteiger partial charge in [-0.2, -0.15) is 0 Å². The Balaban J connectivity index is 1.59. The zero-order chi connectivity index (χ0) is 11.9. The molecule has 0 radical (unpaired) electrons. The standard InChI is InChI=1S/C14H26N2O/c1-17-7-6-14(4-5-14)10-16-12-2-3-13(16)9-11(15)8-12/h11-13H,2-10,15H2,1H3. The van der Waals surface area contributed by atoms with Gasteiger partial charge in [0.1, 0.15) is 0 Å². The molecule has 2 unspecified atom stereocenters. The fourth-order valence-corrected chi connectivity index (χ4v) is 3.94. The molecule has 0 spiro atoms. The van der Waals surface area contributed by atoms with Crippen molar-refractivity contribution >= 4 is 0 Å². The number of nitrogens with zero attached hydrogens (tertiary/aromatic N) is 1. The first-order chi connectivity index (χ1) is 8.22. The van der Waals surface area contributed by atoms with E-state index in [4.69, 9.17) is 10.5 Å². The molecule has 2 saturated heterocycles. The van der Waals surface area contributed by atoms with Gasteiger partial charge in [-0.25, -0.2) is 0 Å². The molecule has 17 heavy (non-hydrogen) atoms. The minimum absolute atomic E-state index is 0.470. The highest BCUT2D eigenvalue weighted by Crippen LogP contribution is 2.51. The molecule has 0 aromatic rings. The van der Waals surface area contributed by atoms with Crippen LogP contribution in [0.2, 0.25) is 0 Å². The molecule has 0 aromatic carbocycles. The molecular formula is C14H26N2O. The highest BCUT2D eigenvalue weighted by Gasteiger charge is 2.48. The summed E-state index contributed by atoms with van der Waals surface area (Å²) in [5, 5.41) is 0. The Labute approximate surface area is 105 Å². The van der Waals surface area contributed by atoms with Crippen molar-refractivity contribution < 1.29 is 4.74 Å². The summed E-state index contributed by atoms with van der Waals surface area (Å²) < 4.78 is 5.25. The Bertz CT molecular complexity index is 263. The summed E-state index contributed by atoms with van der Waals surface area (Å²) >= 11 is 0. The number of fused-ring (bicyclic) bond motifs is 2. The van der Waals surface area contributed by atoms with E-state index >= 15 is 0 Å². The van der Waals surface area contributed by atoms with Gasteiger partial charge in [0.15, 0.2) is 0 Å². The van der Waals surface area contributed by atoms with Crippen molar-refractivity contribution in [3.05, 3.63) is 0 Å². The molecule has 98 valence electrons. The largest absolute Gasteiger partial charge is 0.385 e. The predicted molar refractivity (Wildman–Crippen MR) is 68.9 cm³/mol. The van der Waals surface area contributed by atoms with Crippen LogP contribution >= 0.6 is 0 Å². The maximum atomic E-state index is 6.13. The third-order valence-electron chi connectivity index (χ3n) is 5.23. The van der Waals surface area contributed by atoms with Crippen LogP contribution in [0.1, 0.15) is 44.9 Å². The van der Waals surface area contributed by atoms with Crippen LogP contribution in [0, 0.1) is 5.41 Å². The number of hydrogen-bond donors (Lipinski definition) is 1. The Morgan fingerprint density at radius 1 is 1.24 bits per heavy atom. The van der Waals surface area contributed by atoms with Crippen molar-refractivity contribution in [3.8, 4) is 0 Å². The molecule has 3 aliphatic rings. The van der Waals surface area contributed by atoms with E-state index in [0.717, 1.165) is 18.7 Å². The first kappa shape index (κ1) is 11.9. The normalized spacial score (nSPS) is 39.5. The number of methoxy groups -OCH3 is 1. The lowest BCUT2D eigenvalue weighted by molar-refractivity contribution is 0.0855. The maximum absolute atomic E-state index is 6.13. The zero-order valence-corrected chi connectivity index (χ0v) is 11.0. The van der Waals surface area contributed by atoms with Crippen LogP contribution in [0.25, 0.3) is 0 Å². The smallest absolute Gasteiger partial charge is 0.0468 e. The topological polar surface area (TPSA) is 38.5 Å². The lowest BCUT2D eigenvalue weighted by Gasteiger charge is -2.39. The van der Waals surface area contributed by atoms with Crippen molar-refractivity contribution in [2.45, 2.75) is 63.1 Å². The van der Waals surface area contributed by atoms with Gasteiger partial charge in [0, 0.05) is 38.4 Å². The van der Waals surface area contributed by atoms with Gasteiger partial charge in [-0.05, 0) is 50.4 Å². The van der Waals surface area contributed by atoms with E-state index in [0.29, 0.717) is 11.5 Å². The van der Waals surface area contributed by atoms with E-state index in [-0.39, 0.29) is 0 Å². The van der Waals surface area contributed by atoms with E-state index in [1.54, 1.807) is 0 Å². The van der Waals surface area contributed by atoms with Gasteiger partial charge in [0.25, 0.3) is 0 Å². The molecule has 0 aromatic heterocycles. The van der Waals surface area contributed by atoms with Crippen LogP contribution in [-0.2, 0) is 4.74 Å². The van der Waals surface area contributed by atoms with E-state index in [1.807, 2.05) is 7.11 Å². The van der Waals surface area contributed by atoms with Crippen molar-refractivity contribution in [1.82, 2.24) is 4.90 Å². The zero-order valence-electron chi connectivity index (χ0n) is 11.0. The van der Waals surface area contributed by atoms with E-state index in [2.05, 4.69) is 4.90 Å². The molecule has 3 nitrogen and oxygen atoms in total. The van der Waals surface area contributed by atoms with Gasteiger partial charge in [-0.1, -0.05) is 0 Å². The molecule has 2 bridgehead atoms. The minimum atomic E-state index is 0.470. The molecule has 2 N–H and O–H groups in total. The number of hydrogen-bond acceptors (Lipinski definition) is 3. The SMILES string of the molecule is COCCC1(CN2C3CCC2CC(N)C3)CC1. The highest BCUT2D eigenvalue weighted by molar-refractivity contribution is 5.03. The summed E-state index contributed by atoms with van der Waals surface area (Å²) in [7, 11) is 1.82. The fourth-order valence-electron chi connectivity index (χ4n) is 3.94. The summed E-state index contributed by atoms with van der Waals surface area (Å²) in [5.74, 6) is 0. The third-order valence-corrected chi connectivity index (χ3v) is 5.23. The average Bonchev–Trinajstić information content (AvgIpc) is 3.02. The molecule has 2 aliphatic heterocycles. The molecule has 2 heterocycles. The number of nitrogens with two attached hydrogens (primary N) is 1. The number of ether oxygens (including phenoxy) is 1. The Morgan fingerprint density at radius 2 is 1.88 bits per heavy atom. The Kier molecular flexibility index (Phi) is 3.18. The molecule has 3 fully saturated rings. The molecule has 1 aliphatic carbocycles. The Morgan fingerprint density at radius 3 is 2.41 bits per heavy atom. The fraction of sp³-hybridized carbons (Fsp3) is 1.00. The summed E-state index contributed by atoms with van der Waals surface area (Å²) in [6, 6.07) is 2.06. The van der Waals surface area contributed by atoms with Gasteiger partial charge in [0.2, 0.25) is 0 Å². The predicted octanol–water partition coefficient (Wildman–Crippen LogP) is 1.76. The molecular weight excluding hydrogens is 212 g/mol. The monoisotopic (exact) mass is 238 g/mol. The quantitative estimate of drug-likeness (QED) is 0.793. The van der Waals surface area contributed by atoms with Gasteiger partial charge in [-0.15, -0.1) is 0 Å². The lowest BCUT2D eigenvalue weighted by Crippen LogP contribution is -2.49. The molecule has 3 heteroatoms. The summed E-state index contributed by atoms with van der Waals surface area (Å²) in [5.41, 5.74) is 6.74. The number of rotatable bonds is 5. The maximum Gasteiger partial charge on any atom is 0.0468 e. The van der Waals surface area contributed by atoms with Crippen LogP contribution in [0.15, 0.2) is 0 Å². The van der Waals surface area contributed by atoms with Crippen LogP contribution in [-0.4, -0.2) is 43.3 Å². The van der Waals surface area contributed by atoms with Gasteiger partial charge >= 0.3 is 0 Å². The van der Waals surface area contributed by atoms with E-state index < -0.39 is 0 Å². The van der Waals surface area contributed by atoms with Crippen LogP contribution < -0.4 is 5.73 Å². The summed E-state index contributed by atoms with van der Waals surface area (Å²) in [6.07, 6.45) is 9.33. The number of piperidine rings is 1. The van der Waals surface area contributed by atoms with Gasteiger partial charge < -0.3 is 10.5 Å². The van der Waals surface area contributed by atoms with E-state index in [1.165, 1.54) is 51.5 Å². The van der Waals surface area contributed by atoms with Gasteiger partial charge in [0.05, 0.1) is 0 Å². The highest BCUT2D eigenvalue weighted by atomic mass is 16.5. The van der Waals surface area contributed by atoms with E-state index in [9.17, 15) is 0 Å². The average molecular weight is 238 g/mol. The summed E-state index contributed by atoms with van der Waals surface area (Å²) in [4.78, 5) is 2.80. The van der Waals surface area contributed by atoms with Crippen LogP contribution in [0.3, 0.4) is 0 Å². The van der Waals surface area contributed by atoms with Crippen molar-refractivity contribution in [2.24, 2.45) is 11.1 Å². The first-order valence-electron chi connectivity index (χ1n) is 7.23. The molecule has 0 amide bonds.